The van der Waals surface area contributed by atoms with Crippen LogP contribution in [-0.2, 0) is 0 Å². The highest BCUT2D eigenvalue weighted by atomic mass is 32.1. The molecule has 0 fully saturated rings. The van der Waals surface area contributed by atoms with Crippen LogP contribution < -0.4 is 9.47 Å². The van der Waals surface area contributed by atoms with Crippen molar-refractivity contribution in [1.29, 1.82) is 0 Å². The second kappa shape index (κ2) is 6.69. The van der Waals surface area contributed by atoms with Crippen molar-refractivity contribution in [2.24, 2.45) is 5.10 Å². The van der Waals surface area contributed by atoms with Gasteiger partial charge in [-0.15, -0.1) is 22.7 Å². The summed E-state index contributed by atoms with van der Waals surface area (Å²) in [4.78, 5) is 2.43. The van der Waals surface area contributed by atoms with Gasteiger partial charge in [0.15, 0.2) is 11.5 Å². The summed E-state index contributed by atoms with van der Waals surface area (Å²) >= 11 is 3.46. The summed E-state index contributed by atoms with van der Waals surface area (Å²) in [5.41, 5.74) is 3.52. The number of rotatable bonds is 4. The number of para-hydroxylation sites is 1. The number of benzene rings is 1. The molecular formula is C21H20N2O2S2. The fourth-order valence-electron chi connectivity index (χ4n) is 3.75. The van der Waals surface area contributed by atoms with Crippen LogP contribution in [0.4, 0.5) is 0 Å². The van der Waals surface area contributed by atoms with E-state index in [1.165, 1.54) is 15.3 Å². The zero-order valence-corrected chi connectivity index (χ0v) is 16.8. The van der Waals surface area contributed by atoms with Crippen molar-refractivity contribution < 1.29 is 9.47 Å². The van der Waals surface area contributed by atoms with E-state index in [0.29, 0.717) is 6.61 Å². The second-order valence-corrected chi connectivity index (χ2v) is 8.56. The number of nitrogens with zero attached hydrogens (tertiary/aromatic N) is 2. The Morgan fingerprint density at radius 2 is 2.11 bits per heavy atom. The van der Waals surface area contributed by atoms with E-state index in [-0.39, 0.29) is 12.3 Å². The van der Waals surface area contributed by atoms with Gasteiger partial charge in [0.05, 0.1) is 28.1 Å². The second-order valence-electron chi connectivity index (χ2n) is 6.67. The number of hydrogen-bond acceptors (Lipinski definition) is 6. The lowest BCUT2D eigenvalue weighted by Crippen LogP contribution is -2.33. The van der Waals surface area contributed by atoms with Crippen LogP contribution in [0.25, 0.3) is 0 Å². The Morgan fingerprint density at radius 1 is 1.19 bits per heavy atom. The van der Waals surface area contributed by atoms with E-state index in [4.69, 9.17) is 14.6 Å². The average Bonchev–Trinajstić information content (AvgIpc) is 3.42. The predicted octanol–water partition coefficient (Wildman–Crippen LogP) is 5.76. The Labute approximate surface area is 166 Å². The molecule has 0 spiro atoms. The van der Waals surface area contributed by atoms with Crippen molar-refractivity contribution in [1.82, 2.24) is 5.01 Å². The Bertz CT molecular complexity index is 994. The van der Waals surface area contributed by atoms with Gasteiger partial charge in [-0.25, -0.2) is 5.01 Å². The fourth-order valence-corrected chi connectivity index (χ4v) is 5.42. The third-order valence-corrected chi connectivity index (χ3v) is 6.98. The minimum Gasteiger partial charge on any atom is -0.490 e. The number of hydrazone groups is 1. The summed E-state index contributed by atoms with van der Waals surface area (Å²) < 4.78 is 12.4. The fraction of sp³-hybridized carbons (Fsp3) is 0.286. The molecule has 0 unspecified atom stereocenters. The first-order chi connectivity index (χ1) is 13.3. The summed E-state index contributed by atoms with van der Waals surface area (Å²) in [5, 5.41) is 11.4. The van der Waals surface area contributed by atoms with Gasteiger partial charge in [-0.05, 0) is 48.4 Å². The molecule has 2 aliphatic rings. The third-order valence-electron chi connectivity index (χ3n) is 5.01. The normalized spacial score (nSPS) is 20.7. The average molecular weight is 397 g/mol. The SMILES string of the molecule is CCOc1cccc2c1O[C@H](c1sccc1C)N1N=C(c3cccs3)C[C@H]21. The Morgan fingerprint density at radius 3 is 2.85 bits per heavy atom. The van der Waals surface area contributed by atoms with Crippen LogP contribution in [0, 0.1) is 6.92 Å². The highest BCUT2D eigenvalue weighted by Crippen LogP contribution is 2.51. The maximum absolute atomic E-state index is 6.53. The van der Waals surface area contributed by atoms with E-state index in [2.05, 4.69) is 47.0 Å². The zero-order valence-electron chi connectivity index (χ0n) is 15.2. The molecular weight excluding hydrogens is 376 g/mol. The molecule has 4 nitrogen and oxygen atoms in total. The molecule has 2 aromatic heterocycles. The molecule has 2 aliphatic heterocycles. The molecule has 0 aliphatic carbocycles. The van der Waals surface area contributed by atoms with Crippen molar-refractivity contribution in [3.8, 4) is 11.5 Å². The van der Waals surface area contributed by atoms with Gasteiger partial charge >= 0.3 is 0 Å². The van der Waals surface area contributed by atoms with Gasteiger partial charge < -0.3 is 9.47 Å². The quantitative estimate of drug-likeness (QED) is 0.562. The van der Waals surface area contributed by atoms with Crippen LogP contribution in [0.15, 0.2) is 52.3 Å². The molecule has 4 heterocycles. The van der Waals surface area contributed by atoms with Crippen molar-refractivity contribution in [2.45, 2.75) is 32.5 Å². The molecule has 1 aromatic carbocycles. The van der Waals surface area contributed by atoms with E-state index in [0.717, 1.165) is 29.2 Å². The van der Waals surface area contributed by atoms with Gasteiger partial charge in [0, 0.05) is 12.0 Å². The first-order valence-corrected chi connectivity index (χ1v) is 10.9. The van der Waals surface area contributed by atoms with E-state index in [1.54, 1.807) is 22.7 Å². The van der Waals surface area contributed by atoms with Gasteiger partial charge in [-0.3, -0.25) is 0 Å². The minimum absolute atomic E-state index is 0.165. The van der Waals surface area contributed by atoms with Crippen molar-refractivity contribution in [3.63, 3.8) is 0 Å². The summed E-state index contributed by atoms with van der Waals surface area (Å²) in [5.74, 6) is 1.68. The van der Waals surface area contributed by atoms with Crippen LogP contribution in [-0.4, -0.2) is 17.3 Å². The van der Waals surface area contributed by atoms with Gasteiger partial charge in [0.1, 0.15) is 0 Å². The van der Waals surface area contributed by atoms with Crippen LogP contribution in [0.2, 0.25) is 0 Å². The number of hydrogen-bond donors (Lipinski definition) is 0. The highest BCUT2D eigenvalue weighted by Gasteiger charge is 2.43. The summed E-state index contributed by atoms with van der Waals surface area (Å²) in [6.07, 6.45) is 0.662. The molecule has 5 rings (SSSR count). The lowest BCUT2D eigenvalue weighted by molar-refractivity contribution is -0.0191. The standard InChI is InChI=1S/C21H20N2O2S2/c1-3-24-17-7-4-6-14-16-12-15(18-8-5-10-26-18)22-23(16)21(25-19(14)17)20-13(2)9-11-27-20/h4-11,16,21H,3,12H2,1-2H3/t16-,21-/m1/s1. The van der Waals surface area contributed by atoms with E-state index < -0.39 is 0 Å². The van der Waals surface area contributed by atoms with E-state index >= 15 is 0 Å². The lowest BCUT2D eigenvalue weighted by Gasteiger charge is -2.38. The molecule has 0 N–H and O–H groups in total. The van der Waals surface area contributed by atoms with Gasteiger partial charge in [-0.1, -0.05) is 18.2 Å². The molecule has 0 radical (unpaired) electrons. The van der Waals surface area contributed by atoms with Gasteiger partial charge in [0.2, 0.25) is 6.23 Å². The van der Waals surface area contributed by atoms with E-state index in [1.807, 2.05) is 19.1 Å². The van der Waals surface area contributed by atoms with Gasteiger partial charge in [0.25, 0.3) is 0 Å². The van der Waals surface area contributed by atoms with Crippen LogP contribution in [0.5, 0.6) is 11.5 Å². The van der Waals surface area contributed by atoms with Crippen molar-refractivity contribution in [3.05, 3.63) is 68.0 Å². The largest absolute Gasteiger partial charge is 0.490 e. The first kappa shape index (κ1) is 16.8. The number of fused-ring (bicyclic) bond motifs is 3. The predicted molar refractivity (Wildman–Crippen MR) is 110 cm³/mol. The molecule has 2 atom stereocenters. The third kappa shape index (κ3) is 2.75. The lowest BCUT2D eigenvalue weighted by atomic mass is 9.98. The number of thiophene rings is 2. The molecule has 6 heteroatoms. The summed E-state index contributed by atoms with van der Waals surface area (Å²) in [7, 11) is 0. The number of aryl methyl sites for hydroxylation is 1. The Balaban J connectivity index is 1.63. The van der Waals surface area contributed by atoms with Gasteiger partial charge in [-0.2, -0.15) is 5.10 Å². The highest BCUT2D eigenvalue weighted by molar-refractivity contribution is 7.12. The van der Waals surface area contributed by atoms with Crippen LogP contribution >= 0.6 is 22.7 Å². The summed E-state index contributed by atoms with van der Waals surface area (Å²) in [6.45, 7) is 4.75. The maximum atomic E-state index is 6.53. The number of ether oxygens (including phenoxy) is 2. The smallest absolute Gasteiger partial charge is 0.223 e. The molecule has 138 valence electrons. The van der Waals surface area contributed by atoms with E-state index in [9.17, 15) is 0 Å². The van der Waals surface area contributed by atoms with Crippen LogP contribution in [0.3, 0.4) is 0 Å². The van der Waals surface area contributed by atoms with Crippen molar-refractivity contribution >= 4 is 28.4 Å². The molecule has 27 heavy (non-hydrogen) atoms. The first-order valence-electron chi connectivity index (χ1n) is 9.12. The minimum atomic E-state index is -0.221. The topological polar surface area (TPSA) is 34.1 Å². The monoisotopic (exact) mass is 396 g/mol. The molecule has 0 amide bonds. The molecule has 3 aromatic rings. The van der Waals surface area contributed by atoms with Crippen molar-refractivity contribution in [2.75, 3.05) is 6.61 Å². The van der Waals surface area contributed by atoms with Crippen LogP contribution in [0.1, 0.15) is 46.5 Å². The Hall–Kier alpha value is -2.31. The molecule has 0 saturated heterocycles. The molecule has 0 saturated carbocycles. The molecule has 0 bridgehead atoms. The Kier molecular flexibility index (Phi) is 4.17. The maximum Gasteiger partial charge on any atom is 0.223 e. The summed E-state index contributed by atoms with van der Waals surface area (Å²) in [6, 6.07) is 12.7. The zero-order chi connectivity index (χ0) is 18.4.